The minimum atomic E-state index is 0.195. The number of rotatable bonds is 9. The van der Waals surface area contributed by atoms with Crippen molar-refractivity contribution in [2.45, 2.75) is 50.1 Å². The van der Waals surface area contributed by atoms with Crippen molar-refractivity contribution in [1.82, 2.24) is 10.6 Å². The summed E-state index contributed by atoms with van der Waals surface area (Å²) in [5.74, 6) is 1.05. The Kier molecular flexibility index (Phi) is 6.40. The first kappa shape index (κ1) is 15.4. The summed E-state index contributed by atoms with van der Waals surface area (Å²) in [6.07, 6.45) is 4.08. The molecule has 0 aromatic heterocycles. The molecule has 0 saturated heterocycles. The van der Waals surface area contributed by atoms with Crippen molar-refractivity contribution < 1.29 is 4.79 Å². The van der Waals surface area contributed by atoms with Gasteiger partial charge in [-0.15, -0.1) is 11.8 Å². The molecule has 0 aliphatic heterocycles. The Hall–Kier alpha value is -1.00. The quantitative estimate of drug-likeness (QED) is 0.543. The molecule has 1 saturated carbocycles. The molecule has 0 heterocycles. The molecule has 1 aliphatic rings. The van der Waals surface area contributed by atoms with Gasteiger partial charge in [-0.25, -0.2) is 0 Å². The lowest BCUT2D eigenvalue weighted by atomic mass is 10.2. The van der Waals surface area contributed by atoms with Crippen LogP contribution in [0.15, 0.2) is 29.2 Å². The largest absolute Gasteiger partial charge is 0.353 e. The van der Waals surface area contributed by atoms with Crippen molar-refractivity contribution in [3.05, 3.63) is 29.8 Å². The topological polar surface area (TPSA) is 41.1 Å². The molecule has 2 N–H and O–H groups in total. The van der Waals surface area contributed by atoms with Gasteiger partial charge in [0.1, 0.15) is 0 Å². The predicted octanol–water partition coefficient (Wildman–Crippen LogP) is 2.95. The van der Waals surface area contributed by atoms with Crippen LogP contribution in [0.25, 0.3) is 0 Å². The van der Waals surface area contributed by atoms with E-state index in [0.717, 1.165) is 38.1 Å². The summed E-state index contributed by atoms with van der Waals surface area (Å²) in [5.41, 5.74) is 1.31. The summed E-state index contributed by atoms with van der Waals surface area (Å²) in [6, 6.07) is 9.04. The number of carbonyl (C=O) groups excluding carboxylic acids is 1. The van der Waals surface area contributed by atoms with E-state index in [2.05, 4.69) is 41.8 Å². The molecule has 0 atom stereocenters. The molecule has 1 aromatic rings. The van der Waals surface area contributed by atoms with Gasteiger partial charge in [-0.2, -0.15) is 0 Å². The molecule has 110 valence electrons. The molecule has 0 unspecified atom stereocenters. The van der Waals surface area contributed by atoms with Crippen LogP contribution in [-0.4, -0.2) is 24.2 Å². The standard InChI is InChI=1S/C16H24N2OS/c1-2-9-17-12-13-4-3-5-15(11-13)20-10-8-16(19)18-14-6-7-14/h3-5,11,14,17H,2,6-10,12H2,1H3,(H,18,19). The Bertz CT molecular complexity index is 432. The highest BCUT2D eigenvalue weighted by Gasteiger charge is 2.22. The molecular weight excluding hydrogens is 268 g/mol. The second kappa shape index (κ2) is 8.32. The molecule has 1 amide bonds. The number of hydrogen-bond acceptors (Lipinski definition) is 3. The first-order chi connectivity index (χ1) is 9.78. The third-order valence-electron chi connectivity index (χ3n) is 3.19. The van der Waals surface area contributed by atoms with Crippen LogP contribution >= 0.6 is 11.8 Å². The van der Waals surface area contributed by atoms with Gasteiger partial charge in [0, 0.05) is 29.7 Å². The van der Waals surface area contributed by atoms with Crippen molar-refractivity contribution in [2.75, 3.05) is 12.3 Å². The van der Waals surface area contributed by atoms with Crippen LogP contribution < -0.4 is 10.6 Å². The van der Waals surface area contributed by atoms with E-state index in [4.69, 9.17) is 0 Å². The van der Waals surface area contributed by atoms with Crippen LogP contribution in [0.5, 0.6) is 0 Å². The van der Waals surface area contributed by atoms with Crippen molar-refractivity contribution in [3.8, 4) is 0 Å². The van der Waals surface area contributed by atoms with Gasteiger partial charge in [-0.3, -0.25) is 4.79 Å². The molecule has 3 nitrogen and oxygen atoms in total. The molecule has 1 aromatic carbocycles. The summed E-state index contributed by atoms with van der Waals surface area (Å²) in [7, 11) is 0. The van der Waals surface area contributed by atoms with Gasteiger partial charge in [0.25, 0.3) is 0 Å². The molecule has 4 heteroatoms. The Morgan fingerprint density at radius 2 is 2.25 bits per heavy atom. The molecule has 1 aliphatic carbocycles. The maximum Gasteiger partial charge on any atom is 0.221 e. The van der Waals surface area contributed by atoms with Crippen LogP contribution in [0.3, 0.4) is 0 Å². The van der Waals surface area contributed by atoms with Crippen LogP contribution in [-0.2, 0) is 11.3 Å². The average Bonchev–Trinajstić information content (AvgIpc) is 3.23. The number of thioether (sulfide) groups is 1. The normalized spacial score (nSPS) is 14.2. The number of nitrogens with one attached hydrogen (secondary N) is 2. The summed E-state index contributed by atoms with van der Waals surface area (Å²) in [6.45, 7) is 4.15. The molecule has 2 rings (SSSR count). The number of carbonyl (C=O) groups is 1. The van der Waals surface area contributed by atoms with Gasteiger partial charge in [-0.05, 0) is 43.5 Å². The first-order valence-electron chi connectivity index (χ1n) is 7.49. The van der Waals surface area contributed by atoms with Gasteiger partial charge in [-0.1, -0.05) is 19.1 Å². The van der Waals surface area contributed by atoms with E-state index < -0.39 is 0 Å². The highest BCUT2D eigenvalue weighted by Crippen LogP contribution is 2.21. The zero-order valence-corrected chi connectivity index (χ0v) is 13.0. The molecule has 0 radical (unpaired) electrons. The maximum absolute atomic E-state index is 11.6. The van der Waals surface area contributed by atoms with Gasteiger partial charge in [0.2, 0.25) is 5.91 Å². The van der Waals surface area contributed by atoms with E-state index in [1.165, 1.54) is 10.5 Å². The van der Waals surface area contributed by atoms with Crippen molar-refractivity contribution in [3.63, 3.8) is 0 Å². The van der Waals surface area contributed by atoms with Crippen molar-refractivity contribution in [2.24, 2.45) is 0 Å². The minimum Gasteiger partial charge on any atom is -0.353 e. The van der Waals surface area contributed by atoms with Gasteiger partial charge in [0.05, 0.1) is 0 Å². The second-order valence-corrected chi connectivity index (χ2v) is 6.43. The third-order valence-corrected chi connectivity index (χ3v) is 4.19. The summed E-state index contributed by atoms with van der Waals surface area (Å²) >= 11 is 1.76. The second-order valence-electron chi connectivity index (χ2n) is 5.26. The van der Waals surface area contributed by atoms with E-state index in [0.29, 0.717) is 12.5 Å². The number of amides is 1. The van der Waals surface area contributed by atoms with E-state index in [-0.39, 0.29) is 5.91 Å². The molecule has 20 heavy (non-hydrogen) atoms. The number of benzene rings is 1. The Morgan fingerprint density at radius 1 is 1.40 bits per heavy atom. The van der Waals surface area contributed by atoms with E-state index in [9.17, 15) is 4.79 Å². The molecular formula is C16H24N2OS. The fraction of sp³-hybridized carbons (Fsp3) is 0.562. The average molecular weight is 292 g/mol. The zero-order chi connectivity index (χ0) is 14.2. The Labute approximate surface area is 125 Å². The van der Waals surface area contributed by atoms with Gasteiger partial charge in [0.15, 0.2) is 0 Å². The van der Waals surface area contributed by atoms with Crippen LogP contribution in [0.1, 0.15) is 38.2 Å². The van der Waals surface area contributed by atoms with E-state index in [1.807, 2.05) is 0 Å². The zero-order valence-electron chi connectivity index (χ0n) is 12.2. The fourth-order valence-electron chi connectivity index (χ4n) is 1.94. The lowest BCUT2D eigenvalue weighted by Crippen LogP contribution is -2.25. The van der Waals surface area contributed by atoms with Crippen LogP contribution in [0.2, 0.25) is 0 Å². The van der Waals surface area contributed by atoms with E-state index in [1.54, 1.807) is 11.8 Å². The Morgan fingerprint density at radius 3 is 3.00 bits per heavy atom. The third kappa shape index (κ3) is 5.97. The number of hydrogen-bond donors (Lipinski definition) is 2. The Balaban J connectivity index is 1.68. The molecule has 0 spiro atoms. The maximum atomic E-state index is 11.6. The van der Waals surface area contributed by atoms with Gasteiger partial charge >= 0.3 is 0 Å². The van der Waals surface area contributed by atoms with Crippen molar-refractivity contribution >= 4 is 17.7 Å². The molecule has 1 fully saturated rings. The van der Waals surface area contributed by atoms with Gasteiger partial charge < -0.3 is 10.6 Å². The minimum absolute atomic E-state index is 0.195. The van der Waals surface area contributed by atoms with Crippen molar-refractivity contribution in [1.29, 1.82) is 0 Å². The van der Waals surface area contributed by atoms with Crippen LogP contribution in [0, 0.1) is 0 Å². The highest BCUT2D eigenvalue weighted by atomic mass is 32.2. The highest BCUT2D eigenvalue weighted by molar-refractivity contribution is 7.99. The lowest BCUT2D eigenvalue weighted by Gasteiger charge is -2.07. The predicted molar refractivity (Wildman–Crippen MR) is 84.9 cm³/mol. The summed E-state index contributed by atoms with van der Waals surface area (Å²) in [5, 5.41) is 6.43. The lowest BCUT2D eigenvalue weighted by molar-refractivity contribution is -0.120. The SMILES string of the molecule is CCCNCc1cccc(SCCC(=O)NC2CC2)c1. The smallest absolute Gasteiger partial charge is 0.221 e. The monoisotopic (exact) mass is 292 g/mol. The molecule has 0 bridgehead atoms. The van der Waals surface area contributed by atoms with E-state index >= 15 is 0 Å². The summed E-state index contributed by atoms with van der Waals surface area (Å²) < 4.78 is 0. The first-order valence-corrected chi connectivity index (χ1v) is 8.48. The van der Waals surface area contributed by atoms with Crippen LogP contribution in [0.4, 0.5) is 0 Å². The summed E-state index contributed by atoms with van der Waals surface area (Å²) in [4.78, 5) is 12.8. The fourth-order valence-corrected chi connectivity index (χ4v) is 2.88.